The number of hydrogen-bond acceptors (Lipinski definition) is 6. The van der Waals surface area contributed by atoms with E-state index >= 15 is 0 Å². The Labute approximate surface area is 228 Å². The number of rotatable bonds is 4. The second-order valence-electron chi connectivity index (χ2n) is 15.3. The predicted octanol–water partition coefficient (Wildman–Crippen LogP) is 4.74. The second-order valence-corrected chi connectivity index (χ2v) is 15.3. The van der Waals surface area contributed by atoms with Crippen LogP contribution in [0.5, 0.6) is 0 Å². The zero-order valence-corrected chi connectivity index (χ0v) is 23.9. The topological polar surface area (TPSA) is 85.2 Å². The molecule has 0 aromatic carbocycles. The molecule has 0 amide bonds. The van der Waals surface area contributed by atoms with Gasteiger partial charge < -0.3 is 24.4 Å². The Balaban J connectivity index is 1.04. The van der Waals surface area contributed by atoms with Crippen LogP contribution >= 0.6 is 0 Å². The van der Waals surface area contributed by atoms with E-state index in [1.807, 2.05) is 0 Å². The Bertz CT molecular complexity index is 954. The van der Waals surface area contributed by atoms with Crippen molar-refractivity contribution in [1.82, 2.24) is 0 Å². The van der Waals surface area contributed by atoms with Gasteiger partial charge >= 0.3 is 5.97 Å². The molecule has 7 rings (SSSR count). The van der Waals surface area contributed by atoms with E-state index in [2.05, 4.69) is 20.8 Å². The number of carbonyl (C=O) groups is 1. The molecule has 15 unspecified atom stereocenters. The van der Waals surface area contributed by atoms with Crippen molar-refractivity contribution < 1.29 is 29.2 Å². The molecule has 6 aliphatic carbocycles. The van der Waals surface area contributed by atoms with Crippen LogP contribution < -0.4 is 0 Å². The highest BCUT2D eigenvalue weighted by molar-refractivity contribution is 5.79. The summed E-state index contributed by atoms with van der Waals surface area (Å²) in [5.41, 5.74) is -0.368. The monoisotopic (exact) mass is 530 g/mol. The number of aliphatic hydroxyl groups excluding tert-OH is 1. The molecule has 0 aromatic rings. The van der Waals surface area contributed by atoms with Gasteiger partial charge in [-0.2, -0.15) is 0 Å². The van der Waals surface area contributed by atoms with E-state index in [0.717, 1.165) is 51.4 Å². The molecule has 15 atom stereocenters. The molecule has 0 radical (unpaired) electrons. The molecule has 2 N–H and O–H groups in total. The number of cyclic esters (lactones) is 1. The fourth-order valence-electron chi connectivity index (χ4n) is 11.8. The van der Waals surface area contributed by atoms with Crippen molar-refractivity contribution in [2.75, 3.05) is 13.7 Å². The summed E-state index contributed by atoms with van der Waals surface area (Å²) >= 11 is 0. The van der Waals surface area contributed by atoms with E-state index in [9.17, 15) is 15.0 Å². The van der Waals surface area contributed by atoms with E-state index in [1.165, 1.54) is 19.3 Å². The normalized spacial score (nSPS) is 59.4. The summed E-state index contributed by atoms with van der Waals surface area (Å²) < 4.78 is 17.6. The van der Waals surface area contributed by atoms with Crippen LogP contribution in [0.2, 0.25) is 0 Å². The summed E-state index contributed by atoms with van der Waals surface area (Å²) in [7, 11) is 1.70. The van der Waals surface area contributed by atoms with E-state index in [0.29, 0.717) is 48.2 Å². The van der Waals surface area contributed by atoms with Crippen LogP contribution in [0.15, 0.2) is 0 Å². The summed E-state index contributed by atoms with van der Waals surface area (Å²) in [5.74, 6) is 3.33. The molecule has 6 heteroatoms. The lowest BCUT2D eigenvalue weighted by molar-refractivity contribution is -0.217. The van der Waals surface area contributed by atoms with Crippen molar-refractivity contribution in [1.29, 1.82) is 0 Å². The molecule has 1 aliphatic heterocycles. The lowest BCUT2D eigenvalue weighted by Crippen LogP contribution is -2.62. The van der Waals surface area contributed by atoms with Crippen LogP contribution in [-0.2, 0) is 19.0 Å². The van der Waals surface area contributed by atoms with Crippen molar-refractivity contribution in [2.24, 2.45) is 58.2 Å². The van der Waals surface area contributed by atoms with Gasteiger partial charge in [0.15, 0.2) is 0 Å². The van der Waals surface area contributed by atoms with Gasteiger partial charge in [-0.3, -0.25) is 4.79 Å². The highest BCUT2D eigenvalue weighted by Gasteiger charge is 2.73. The molecule has 7 fully saturated rings. The summed E-state index contributed by atoms with van der Waals surface area (Å²) in [5, 5.41) is 23.0. The minimum atomic E-state index is -0.586. The first-order valence-corrected chi connectivity index (χ1v) is 15.9. The number of ether oxygens (including phenoxy) is 3. The Morgan fingerprint density at radius 3 is 2.45 bits per heavy atom. The van der Waals surface area contributed by atoms with E-state index in [4.69, 9.17) is 14.2 Å². The van der Waals surface area contributed by atoms with Crippen LogP contribution in [0.4, 0.5) is 0 Å². The second kappa shape index (κ2) is 8.90. The van der Waals surface area contributed by atoms with Gasteiger partial charge in [-0.05, 0) is 111 Å². The molecule has 0 bridgehead atoms. The summed E-state index contributed by atoms with van der Waals surface area (Å²) in [6.07, 6.45) is 11.7. The first-order chi connectivity index (χ1) is 18.1. The van der Waals surface area contributed by atoms with E-state index in [1.54, 1.807) is 7.11 Å². The summed E-state index contributed by atoms with van der Waals surface area (Å²) in [6.45, 7) is 7.65. The predicted molar refractivity (Wildman–Crippen MR) is 142 cm³/mol. The van der Waals surface area contributed by atoms with Crippen molar-refractivity contribution in [3.05, 3.63) is 0 Å². The molecule has 38 heavy (non-hydrogen) atoms. The molecular formula is C32H50O6. The molecule has 7 aliphatic rings. The van der Waals surface area contributed by atoms with Gasteiger partial charge in [-0.15, -0.1) is 0 Å². The Kier molecular flexibility index (Phi) is 6.14. The maximum Gasteiger partial charge on any atom is 0.309 e. The largest absolute Gasteiger partial charge is 0.465 e. The smallest absolute Gasteiger partial charge is 0.309 e. The van der Waals surface area contributed by atoms with Crippen molar-refractivity contribution in [2.45, 2.75) is 121 Å². The quantitative estimate of drug-likeness (QED) is 0.511. The fourth-order valence-corrected chi connectivity index (χ4v) is 11.8. The molecule has 214 valence electrons. The molecule has 1 heterocycles. The highest BCUT2D eigenvalue weighted by atomic mass is 16.5. The van der Waals surface area contributed by atoms with E-state index < -0.39 is 11.7 Å². The molecule has 6 saturated carbocycles. The lowest BCUT2D eigenvalue weighted by Gasteiger charge is -2.64. The van der Waals surface area contributed by atoms with Gasteiger partial charge in [0.2, 0.25) is 0 Å². The van der Waals surface area contributed by atoms with Gasteiger partial charge in [-0.1, -0.05) is 20.8 Å². The molecular weight excluding hydrogens is 480 g/mol. The number of methoxy groups -OCH3 is 1. The van der Waals surface area contributed by atoms with Crippen LogP contribution in [0.3, 0.4) is 0 Å². The van der Waals surface area contributed by atoms with Crippen LogP contribution in [-0.4, -0.2) is 59.9 Å². The van der Waals surface area contributed by atoms with Gasteiger partial charge in [0, 0.05) is 19.4 Å². The number of fused-ring (bicyclic) bond motifs is 6. The Morgan fingerprint density at radius 2 is 1.71 bits per heavy atom. The fraction of sp³-hybridized carbons (Fsp3) is 0.969. The average Bonchev–Trinajstić information content (AvgIpc) is 3.36. The molecule has 0 spiro atoms. The minimum absolute atomic E-state index is 0.0244. The van der Waals surface area contributed by atoms with Crippen LogP contribution in [0.25, 0.3) is 0 Å². The first-order valence-electron chi connectivity index (χ1n) is 15.9. The average molecular weight is 531 g/mol. The highest BCUT2D eigenvalue weighted by Crippen LogP contribution is 2.73. The number of esters is 1. The number of hydrogen-bond donors (Lipinski definition) is 2. The number of carbonyl (C=O) groups excluding carboxylic acids is 1. The van der Waals surface area contributed by atoms with Gasteiger partial charge in [0.1, 0.15) is 0 Å². The lowest BCUT2D eigenvalue weighted by atomic mass is 9.43. The first kappa shape index (κ1) is 26.2. The Hall–Kier alpha value is -0.690. The van der Waals surface area contributed by atoms with Gasteiger partial charge in [0.05, 0.1) is 42.5 Å². The Morgan fingerprint density at radius 1 is 0.921 bits per heavy atom. The molecule has 1 saturated heterocycles. The van der Waals surface area contributed by atoms with Crippen LogP contribution in [0, 0.1) is 58.2 Å². The summed E-state index contributed by atoms with van der Waals surface area (Å²) in [6, 6.07) is 0. The van der Waals surface area contributed by atoms with Crippen molar-refractivity contribution >= 4 is 5.97 Å². The molecule has 6 nitrogen and oxygen atoms in total. The maximum absolute atomic E-state index is 12.5. The number of aliphatic hydroxyl groups is 2. The molecule has 0 aromatic heterocycles. The van der Waals surface area contributed by atoms with E-state index in [-0.39, 0.29) is 40.8 Å². The maximum atomic E-state index is 12.5. The van der Waals surface area contributed by atoms with Gasteiger partial charge in [-0.25, -0.2) is 0 Å². The van der Waals surface area contributed by atoms with Crippen molar-refractivity contribution in [3.63, 3.8) is 0 Å². The third-order valence-electron chi connectivity index (χ3n) is 14.0. The third kappa shape index (κ3) is 3.54. The van der Waals surface area contributed by atoms with Crippen LogP contribution in [0.1, 0.15) is 91.4 Å². The summed E-state index contributed by atoms with van der Waals surface area (Å²) in [4.78, 5) is 12.3. The standard InChI is InChI=1S/C32H50O6/c1-17-13-20(15-25(36-4)28(17)33)38-19-7-10-30(2)18(14-19)5-6-23-22(30)8-11-31(3)24(9-12-32(23,31)35)26-21-16-37-29(34)27(21)26/h17-28,33,35H,5-16H2,1-4H3. The zero-order chi connectivity index (χ0) is 26.6. The SMILES string of the molecule is COC1CC(OC2CCC3(C)C(CCC4C3CCC3(C)C(C5C6COC(=O)C65)CCC43O)C2)CC(C)C1O. The zero-order valence-electron chi connectivity index (χ0n) is 23.9. The minimum Gasteiger partial charge on any atom is -0.465 e. The third-order valence-corrected chi connectivity index (χ3v) is 14.0. The van der Waals surface area contributed by atoms with Gasteiger partial charge in [0.25, 0.3) is 0 Å². The van der Waals surface area contributed by atoms with Crippen molar-refractivity contribution in [3.8, 4) is 0 Å².